The number of nitrogen functional groups attached to an aromatic ring is 1. The molecule has 43 heavy (non-hydrogen) atoms. The number of aliphatic hydroxyl groups excluding tert-OH is 6. The average Bonchev–Trinajstić information content (AvgIpc) is 3.46. The summed E-state index contributed by atoms with van der Waals surface area (Å²) < 4.78 is 39.0. The van der Waals surface area contributed by atoms with E-state index in [2.05, 4.69) is 29.8 Å². The Morgan fingerprint density at radius 1 is 1.26 bits per heavy atom. The molecule has 4 heterocycles. The highest BCUT2D eigenvalue weighted by molar-refractivity contribution is 8.08. The Morgan fingerprint density at radius 3 is 2.56 bits per heavy atom. The first-order chi connectivity index (χ1) is 19.9. The monoisotopic (exact) mass is 673 g/mol. The standard InChI is InChI=1S/C20H29N5O15P2S/c1-3-20(32)14(8-4-22-16-15(21)23-7-24-25(8)16)38-19(2,18(20)31)6-36-42(35,43)40-41(33,34)39-17-12(30)10(28)11(29)13(37-17)9(27)5-26/h1,4,7,9-14,17-18,26-32H,5-6H2,2H3,(H,33,34)(H,35,43)(H2,21,23,24)/t9-,10?,11?,12?,13?,14-,17?,18+,19+,20-,42?/m0/s1. The molecule has 0 spiro atoms. The fourth-order valence-electron chi connectivity index (χ4n) is 4.51. The SMILES string of the molecule is C#C[C@]1(O)[C@H](c2cnc3c(N)ncnn23)O[C@](C)(COP(O)(=S)OP(=O)(O)OC2OC([C@@H](O)CO)C(O)C(O)C2O)[C@H]1O. The number of anilines is 1. The molecule has 2 aromatic rings. The van der Waals surface area contributed by atoms with Crippen molar-refractivity contribution in [1.82, 2.24) is 19.6 Å². The van der Waals surface area contributed by atoms with Crippen molar-refractivity contribution in [2.45, 2.75) is 67.1 Å². The first-order valence-electron chi connectivity index (χ1n) is 12.1. The summed E-state index contributed by atoms with van der Waals surface area (Å²) in [6.45, 7) is -5.43. The number of aliphatic hydroxyl groups is 7. The van der Waals surface area contributed by atoms with Crippen LogP contribution in [-0.4, -0.2) is 132 Å². The summed E-state index contributed by atoms with van der Waals surface area (Å²) in [6.07, 6.45) is -7.58. The number of imidazole rings is 1. The van der Waals surface area contributed by atoms with Crippen LogP contribution in [0.15, 0.2) is 12.5 Å². The molecule has 0 aromatic carbocycles. The third kappa shape index (κ3) is 6.48. The van der Waals surface area contributed by atoms with E-state index in [1.807, 2.05) is 0 Å². The van der Waals surface area contributed by atoms with Crippen molar-refractivity contribution in [3.63, 3.8) is 0 Å². The van der Waals surface area contributed by atoms with Crippen LogP contribution < -0.4 is 5.73 Å². The van der Waals surface area contributed by atoms with Gasteiger partial charge in [-0.25, -0.2) is 23.4 Å². The molecule has 0 radical (unpaired) electrons. The molecule has 0 saturated carbocycles. The van der Waals surface area contributed by atoms with Crippen molar-refractivity contribution in [2.24, 2.45) is 0 Å². The molecule has 2 saturated heterocycles. The largest absolute Gasteiger partial charge is 0.481 e. The van der Waals surface area contributed by atoms with E-state index in [0.29, 0.717) is 0 Å². The lowest BCUT2D eigenvalue weighted by molar-refractivity contribution is -0.292. The highest BCUT2D eigenvalue weighted by Gasteiger charge is 2.62. The normalized spacial score (nSPS) is 38.3. The zero-order valence-corrected chi connectivity index (χ0v) is 24.5. The minimum Gasteiger partial charge on any atom is -0.394 e. The maximum absolute atomic E-state index is 12.6. The Morgan fingerprint density at radius 2 is 1.93 bits per heavy atom. The van der Waals surface area contributed by atoms with Crippen LogP contribution in [0.1, 0.15) is 18.7 Å². The fourth-order valence-corrected chi connectivity index (χ4v) is 7.67. The molecule has 2 aliphatic rings. The summed E-state index contributed by atoms with van der Waals surface area (Å²) >= 11 is 4.77. The topological polar surface area (TPSA) is 314 Å². The van der Waals surface area contributed by atoms with Crippen LogP contribution in [0.2, 0.25) is 0 Å². The van der Waals surface area contributed by atoms with Gasteiger partial charge in [-0.1, -0.05) is 5.92 Å². The molecule has 12 atom stereocenters. The van der Waals surface area contributed by atoms with E-state index in [0.717, 1.165) is 10.8 Å². The van der Waals surface area contributed by atoms with Crippen molar-refractivity contribution in [2.75, 3.05) is 18.9 Å². The Kier molecular flexibility index (Phi) is 9.68. The number of phosphoric acid groups is 1. The van der Waals surface area contributed by atoms with Crippen LogP contribution in [0, 0.1) is 12.3 Å². The van der Waals surface area contributed by atoms with Crippen molar-refractivity contribution in [3.05, 3.63) is 18.2 Å². The molecule has 2 aliphatic heterocycles. The quantitative estimate of drug-likeness (QED) is 0.0844. The molecule has 240 valence electrons. The first kappa shape index (κ1) is 34.1. The maximum atomic E-state index is 12.6. The summed E-state index contributed by atoms with van der Waals surface area (Å²) in [7, 11) is -5.52. The van der Waals surface area contributed by atoms with Gasteiger partial charge in [0.2, 0.25) is 0 Å². The summed E-state index contributed by atoms with van der Waals surface area (Å²) in [5, 5.41) is 75.1. The van der Waals surface area contributed by atoms with Gasteiger partial charge in [0, 0.05) is 0 Å². The number of fused-ring (bicyclic) bond motifs is 1. The second kappa shape index (κ2) is 12.2. The predicted molar refractivity (Wildman–Crippen MR) is 141 cm³/mol. The molecule has 7 unspecified atom stereocenters. The highest BCUT2D eigenvalue weighted by Crippen LogP contribution is 2.62. The molecule has 2 aromatic heterocycles. The van der Waals surface area contributed by atoms with Gasteiger partial charge in [-0.2, -0.15) is 5.10 Å². The number of hydrogen-bond donors (Lipinski definition) is 10. The predicted octanol–water partition coefficient (Wildman–Crippen LogP) is -4.21. The second-order valence-electron chi connectivity index (χ2n) is 9.83. The minimum absolute atomic E-state index is 0.0131. The van der Waals surface area contributed by atoms with Crippen molar-refractivity contribution in [1.29, 1.82) is 0 Å². The molecule has 4 rings (SSSR count). The lowest BCUT2D eigenvalue weighted by Crippen LogP contribution is -2.61. The number of nitrogens with two attached hydrogens (primary N) is 1. The number of terminal acetylenes is 1. The van der Waals surface area contributed by atoms with Gasteiger partial charge in [-0.05, 0) is 18.7 Å². The number of ether oxygens (including phenoxy) is 2. The third-order valence-corrected chi connectivity index (χ3v) is 10.3. The molecule has 0 aliphatic carbocycles. The van der Waals surface area contributed by atoms with Crippen LogP contribution in [0.5, 0.6) is 0 Å². The van der Waals surface area contributed by atoms with Crippen LogP contribution in [0.4, 0.5) is 5.82 Å². The van der Waals surface area contributed by atoms with E-state index >= 15 is 0 Å². The van der Waals surface area contributed by atoms with Crippen molar-refractivity contribution >= 4 is 37.8 Å². The summed E-state index contributed by atoms with van der Waals surface area (Å²) in [6, 6.07) is 0. The Balaban J connectivity index is 1.48. The van der Waals surface area contributed by atoms with Gasteiger partial charge in [0.05, 0.1) is 25.1 Å². The smallest absolute Gasteiger partial charge is 0.394 e. The zero-order chi connectivity index (χ0) is 32.1. The van der Waals surface area contributed by atoms with Gasteiger partial charge in [-0.15, -0.1) is 6.42 Å². The van der Waals surface area contributed by atoms with E-state index in [1.54, 1.807) is 0 Å². The molecule has 11 N–H and O–H groups in total. The van der Waals surface area contributed by atoms with Crippen LogP contribution in [-0.2, 0) is 39.2 Å². The molecule has 20 nitrogen and oxygen atoms in total. The number of nitrogens with zero attached hydrogens (tertiary/aromatic N) is 4. The summed E-state index contributed by atoms with van der Waals surface area (Å²) in [5.74, 6) is 2.04. The van der Waals surface area contributed by atoms with Gasteiger partial charge in [-0.3, -0.25) is 4.52 Å². The Labute approximate surface area is 247 Å². The highest BCUT2D eigenvalue weighted by atomic mass is 32.5. The molecule has 0 amide bonds. The van der Waals surface area contributed by atoms with Crippen molar-refractivity contribution < 1.29 is 72.9 Å². The number of rotatable bonds is 10. The number of aromatic nitrogens is 4. The van der Waals surface area contributed by atoms with Gasteiger partial charge >= 0.3 is 14.5 Å². The van der Waals surface area contributed by atoms with Gasteiger partial charge in [0.25, 0.3) is 0 Å². The van der Waals surface area contributed by atoms with Crippen LogP contribution >= 0.6 is 14.5 Å². The van der Waals surface area contributed by atoms with E-state index in [9.17, 15) is 45.0 Å². The van der Waals surface area contributed by atoms with E-state index in [-0.39, 0.29) is 17.2 Å². The van der Waals surface area contributed by atoms with E-state index in [4.69, 9.17) is 43.1 Å². The summed E-state index contributed by atoms with van der Waals surface area (Å²) in [5.41, 5.74) is 1.53. The summed E-state index contributed by atoms with van der Waals surface area (Å²) in [4.78, 5) is 28.5. The minimum atomic E-state index is -5.52. The Bertz CT molecular complexity index is 1480. The molecule has 2 fully saturated rings. The van der Waals surface area contributed by atoms with Gasteiger partial charge < -0.3 is 65.3 Å². The average molecular weight is 673 g/mol. The van der Waals surface area contributed by atoms with Gasteiger partial charge in [0.1, 0.15) is 54.7 Å². The fraction of sp³-hybridized carbons (Fsp3) is 0.650. The third-order valence-electron chi connectivity index (χ3n) is 6.77. The molecule has 23 heteroatoms. The molecular weight excluding hydrogens is 644 g/mol. The lowest BCUT2D eigenvalue weighted by atomic mass is 9.85. The Hall–Kier alpha value is -1.77. The molecular formula is C20H29N5O15P2S. The van der Waals surface area contributed by atoms with E-state index in [1.165, 1.54) is 13.1 Å². The van der Waals surface area contributed by atoms with Crippen molar-refractivity contribution in [3.8, 4) is 12.3 Å². The number of hydrogen-bond acceptors (Lipinski definition) is 18. The number of phosphoric ester groups is 1. The van der Waals surface area contributed by atoms with Crippen LogP contribution in [0.25, 0.3) is 5.65 Å². The van der Waals surface area contributed by atoms with Crippen LogP contribution in [0.3, 0.4) is 0 Å². The zero-order valence-electron chi connectivity index (χ0n) is 21.9. The first-order valence-corrected chi connectivity index (χ1v) is 16.2. The maximum Gasteiger partial charge on any atom is 0.481 e. The van der Waals surface area contributed by atoms with Gasteiger partial charge in [0.15, 0.2) is 23.4 Å². The van der Waals surface area contributed by atoms with E-state index < -0.39 is 88.0 Å². The second-order valence-corrected chi connectivity index (χ2v) is 14.2. The molecule has 0 bridgehead atoms. The lowest BCUT2D eigenvalue weighted by Gasteiger charge is -2.41.